The van der Waals surface area contributed by atoms with Crippen molar-refractivity contribution in [3.63, 3.8) is 0 Å². The lowest BCUT2D eigenvalue weighted by molar-refractivity contribution is 0.0186. The van der Waals surface area contributed by atoms with Gasteiger partial charge in [-0.25, -0.2) is 9.78 Å². The molecule has 0 unspecified atom stereocenters. The number of aliphatic imine (C=N–C) groups is 1. The summed E-state index contributed by atoms with van der Waals surface area (Å²) >= 11 is 0. The van der Waals surface area contributed by atoms with Crippen molar-refractivity contribution in [1.29, 1.82) is 0 Å². The summed E-state index contributed by atoms with van der Waals surface area (Å²) in [5, 5.41) is 4.39. The van der Waals surface area contributed by atoms with E-state index in [1.807, 2.05) is 62.1 Å². The summed E-state index contributed by atoms with van der Waals surface area (Å²) < 4.78 is 5.41. The van der Waals surface area contributed by atoms with Crippen LogP contribution >= 0.6 is 0 Å². The van der Waals surface area contributed by atoms with Crippen LogP contribution in [0.3, 0.4) is 0 Å². The maximum atomic E-state index is 12.1. The summed E-state index contributed by atoms with van der Waals surface area (Å²) in [5.41, 5.74) is 6.60. The molecule has 1 amide bonds. The SMILES string of the molecule is CC(C)(C)OC(=O)N1CCN(C(N)=NCCNc2ccc3ccccc3n2)CC1. The Morgan fingerprint density at radius 2 is 1.83 bits per heavy atom. The normalized spacial score (nSPS) is 15.5. The summed E-state index contributed by atoms with van der Waals surface area (Å²) in [6.45, 7) is 9.24. The molecule has 0 aliphatic carbocycles. The molecule has 3 N–H and O–H groups in total. The Morgan fingerprint density at radius 3 is 2.55 bits per heavy atom. The van der Waals surface area contributed by atoms with E-state index in [-0.39, 0.29) is 6.09 Å². The molecule has 3 rings (SSSR count). The van der Waals surface area contributed by atoms with Crippen LogP contribution in [0.1, 0.15) is 20.8 Å². The molecule has 0 spiro atoms. The number of benzene rings is 1. The Kier molecular flexibility index (Phi) is 6.41. The third-order valence-corrected chi connectivity index (χ3v) is 4.55. The van der Waals surface area contributed by atoms with E-state index in [2.05, 4.69) is 15.3 Å². The van der Waals surface area contributed by atoms with Gasteiger partial charge >= 0.3 is 6.09 Å². The minimum Gasteiger partial charge on any atom is -0.444 e. The number of aromatic nitrogens is 1. The molecule has 1 saturated heterocycles. The van der Waals surface area contributed by atoms with Crippen LogP contribution in [0.4, 0.5) is 10.6 Å². The second-order valence-electron chi connectivity index (χ2n) is 8.01. The average Bonchev–Trinajstić information content (AvgIpc) is 2.70. The summed E-state index contributed by atoms with van der Waals surface area (Å²) in [5.74, 6) is 1.32. The molecule has 0 radical (unpaired) electrons. The standard InChI is InChI=1S/C21H30N6O2/c1-21(2,3)29-20(28)27-14-12-26(13-15-27)19(22)24-11-10-23-18-9-8-16-6-4-5-7-17(16)25-18/h4-9H,10-15H2,1-3H3,(H2,22,24)(H,23,25). The number of fused-ring (bicyclic) bond motifs is 1. The average molecular weight is 399 g/mol. The zero-order valence-corrected chi connectivity index (χ0v) is 17.4. The number of nitrogens with zero attached hydrogens (tertiary/aromatic N) is 4. The van der Waals surface area contributed by atoms with Crippen molar-refractivity contribution in [3.05, 3.63) is 36.4 Å². The van der Waals surface area contributed by atoms with Gasteiger partial charge in [0.25, 0.3) is 0 Å². The van der Waals surface area contributed by atoms with Gasteiger partial charge in [-0.3, -0.25) is 4.99 Å². The molecule has 1 aromatic carbocycles. The van der Waals surface area contributed by atoms with Crippen LogP contribution in [0.25, 0.3) is 10.9 Å². The van der Waals surface area contributed by atoms with E-state index in [0.717, 1.165) is 16.7 Å². The van der Waals surface area contributed by atoms with Gasteiger partial charge in [0.2, 0.25) is 0 Å². The van der Waals surface area contributed by atoms with Gasteiger partial charge in [0.15, 0.2) is 5.96 Å². The highest BCUT2D eigenvalue weighted by molar-refractivity contribution is 5.80. The van der Waals surface area contributed by atoms with Gasteiger partial charge in [-0.05, 0) is 39.0 Å². The molecule has 29 heavy (non-hydrogen) atoms. The monoisotopic (exact) mass is 398 g/mol. The van der Waals surface area contributed by atoms with Crippen LogP contribution in [-0.2, 0) is 4.74 Å². The third-order valence-electron chi connectivity index (χ3n) is 4.55. The van der Waals surface area contributed by atoms with Gasteiger partial charge < -0.3 is 25.6 Å². The van der Waals surface area contributed by atoms with Gasteiger partial charge in [-0.2, -0.15) is 0 Å². The predicted molar refractivity (Wildman–Crippen MR) is 116 cm³/mol. The van der Waals surface area contributed by atoms with Crippen molar-refractivity contribution >= 4 is 28.8 Å². The number of anilines is 1. The van der Waals surface area contributed by atoms with E-state index in [1.54, 1.807) is 4.90 Å². The number of carbonyl (C=O) groups is 1. The third kappa shape index (κ3) is 5.97. The first kappa shape index (κ1) is 20.7. The fourth-order valence-corrected chi connectivity index (χ4v) is 3.06. The van der Waals surface area contributed by atoms with Gasteiger partial charge in [-0.15, -0.1) is 0 Å². The summed E-state index contributed by atoms with van der Waals surface area (Å²) in [4.78, 5) is 24.9. The lowest BCUT2D eigenvalue weighted by atomic mass is 10.2. The number of hydrogen-bond acceptors (Lipinski definition) is 5. The zero-order valence-electron chi connectivity index (χ0n) is 17.4. The highest BCUT2D eigenvalue weighted by atomic mass is 16.6. The fraction of sp³-hybridized carbons (Fsp3) is 0.476. The topological polar surface area (TPSA) is 96.1 Å². The molecule has 0 bridgehead atoms. The first-order chi connectivity index (χ1) is 13.8. The molecule has 1 aromatic heterocycles. The molecule has 0 atom stereocenters. The van der Waals surface area contributed by atoms with Crippen molar-refractivity contribution in [2.45, 2.75) is 26.4 Å². The maximum Gasteiger partial charge on any atom is 0.410 e. The number of pyridine rings is 1. The number of piperazine rings is 1. The Morgan fingerprint density at radius 1 is 1.14 bits per heavy atom. The number of carbonyl (C=O) groups excluding carboxylic acids is 1. The first-order valence-corrected chi connectivity index (χ1v) is 9.94. The van der Waals surface area contributed by atoms with Gasteiger partial charge in [0, 0.05) is 38.1 Å². The number of rotatable bonds is 4. The molecule has 2 heterocycles. The number of para-hydroxylation sites is 1. The van der Waals surface area contributed by atoms with Crippen molar-refractivity contribution in [2.24, 2.45) is 10.7 Å². The minimum absolute atomic E-state index is 0.278. The molecule has 2 aromatic rings. The number of nitrogens with one attached hydrogen (secondary N) is 1. The molecular formula is C21H30N6O2. The Labute approximate surface area is 171 Å². The molecule has 1 aliphatic rings. The van der Waals surface area contributed by atoms with Gasteiger partial charge in [0.1, 0.15) is 11.4 Å². The Balaban J connectivity index is 1.42. The lowest BCUT2D eigenvalue weighted by Crippen LogP contribution is -2.53. The quantitative estimate of drug-likeness (QED) is 0.467. The van der Waals surface area contributed by atoms with Crippen molar-refractivity contribution < 1.29 is 9.53 Å². The Bertz CT molecular complexity index is 869. The smallest absolute Gasteiger partial charge is 0.410 e. The largest absolute Gasteiger partial charge is 0.444 e. The van der Waals surface area contributed by atoms with E-state index in [4.69, 9.17) is 10.5 Å². The van der Waals surface area contributed by atoms with Crippen molar-refractivity contribution in [1.82, 2.24) is 14.8 Å². The molecule has 8 nitrogen and oxygen atoms in total. The first-order valence-electron chi connectivity index (χ1n) is 9.94. The highest BCUT2D eigenvalue weighted by Crippen LogP contribution is 2.14. The lowest BCUT2D eigenvalue weighted by Gasteiger charge is -2.36. The number of nitrogens with two attached hydrogens (primary N) is 1. The van der Waals surface area contributed by atoms with Crippen LogP contribution in [0.5, 0.6) is 0 Å². The van der Waals surface area contributed by atoms with E-state index in [0.29, 0.717) is 45.2 Å². The number of ether oxygens (including phenoxy) is 1. The molecule has 1 aliphatic heterocycles. The molecule has 8 heteroatoms. The fourth-order valence-electron chi connectivity index (χ4n) is 3.06. The van der Waals surface area contributed by atoms with Crippen LogP contribution in [-0.4, -0.2) is 71.7 Å². The molecule has 1 fully saturated rings. The maximum absolute atomic E-state index is 12.1. The number of amides is 1. The Hall–Kier alpha value is -3.03. The highest BCUT2D eigenvalue weighted by Gasteiger charge is 2.26. The minimum atomic E-state index is -0.485. The van der Waals surface area contributed by atoms with E-state index < -0.39 is 5.60 Å². The van der Waals surface area contributed by atoms with Crippen molar-refractivity contribution in [3.8, 4) is 0 Å². The number of guanidine groups is 1. The summed E-state index contributed by atoms with van der Waals surface area (Å²) in [6.07, 6.45) is -0.278. The molecule has 156 valence electrons. The molecule has 0 saturated carbocycles. The van der Waals surface area contributed by atoms with E-state index in [1.165, 1.54) is 0 Å². The van der Waals surface area contributed by atoms with Gasteiger partial charge in [0.05, 0.1) is 12.1 Å². The second-order valence-corrected chi connectivity index (χ2v) is 8.01. The predicted octanol–water partition coefficient (Wildman–Crippen LogP) is 2.51. The van der Waals surface area contributed by atoms with Crippen LogP contribution in [0.15, 0.2) is 41.4 Å². The van der Waals surface area contributed by atoms with Crippen LogP contribution in [0, 0.1) is 0 Å². The van der Waals surface area contributed by atoms with Crippen molar-refractivity contribution in [2.75, 3.05) is 44.6 Å². The molecular weight excluding hydrogens is 368 g/mol. The summed E-state index contributed by atoms with van der Waals surface area (Å²) in [7, 11) is 0. The van der Waals surface area contributed by atoms with Gasteiger partial charge in [-0.1, -0.05) is 18.2 Å². The zero-order chi connectivity index (χ0) is 20.9. The van der Waals surface area contributed by atoms with Crippen LogP contribution in [0.2, 0.25) is 0 Å². The second kappa shape index (κ2) is 8.98. The van der Waals surface area contributed by atoms with Crippen LogP contribution < -0.4 is 11.1 Å². The number of hydrogen-bond donors (Lipinski definition) is 2. The van der Waals surface area contributed by atoms with E-state index >= 15 is 0 Å². The summed E-state index contributed by atoms with van der Waals surface area (Å²) in [6, 6.07) is 12.0. The van der Waals surface area contributed by atoms with E-state index in [9.17, 15) is 4.79 Å².